The summed E-state index contributed by atoms with van der Waals surface area (Å²) in [5.41, 5.74) is -1.14. The summed E-state index contributed by atoms with van der Waals surface area (Å²) in [6.07, 6.45) is 6.28. The van der Waals surface area contributed by atoms with Gasteiger partial charge in [-0.25, -0.2) is 0 Å². The molecule has 1 heterocycles. The van der Waals surface area contributed by atoms with Crippen molar-refractivity contribution >= 4 is 5.78 Å². The molecule has 260 valence electrons. The molecule has 6 aliphatic rings. The highest BCUT2D eigenvalue weighted by Crippen LogP contribution is 2.72. The Kier molecular flexibility index (Phi) is 8.33. The number of aromatic hydroxyl groups is 1. The average Bonchev–Trinajstić information content (AvgIpc) is 3.77. The van der Waals surface area contributed by atoms with Crippen molar-refractivity contribution in [3.05, 3.63) is 41.0 Å². The van der Waals surface area contributed by atoms with Crippen molar-refractivity contribution in [2.75, 3.05) is 6.61 Å². The van der Waals surface area contributed by atoms with E-state index in [0.29, 0.717) is 50.9 Å². The van der Waals surface area contributed by atoms with Gasteiger partial charge in [0.1, 0.15) is 11.9 Å². The molecule has 1 aromatic rings. The van der Waals surface area contributed by atoms with Crippen LogP contribution < -0.4 is 0 Å². The Morgan fingerprint density at radius 1 is 1.04 bits per heavy atom. The standard InChI is InChI=1S/C39H56O8/c1-21(2)22(3)34-35(47-34)36(4,45)31-11-16-39(46)28-19-29(42)32-26-6-5-13-37(32,20-30(43)33(26)44)27(28)10-15-38(31,39)14-9-24-18-25(41)8-7-23(24)12-17-40/h7-8,18-19,21-22,26-27,30-35,40-41,43-46H,5-6,9-17,20H2,1-4H3. The van der Waals surface area contributed by atoms with Crippen LogP contribution in [0.25, 0.3) is 0 Å². The van der Waals surface area contributed by atoms with E-state index in [2.05, 4.69) is 20.8 Å². The molecule has 1 aliphatic heterocycles. The molecule has 0 spiro atoms. The highest BCUT2D eigenvalue weighted by molar-refractivity contribution is 5.95. The molecular weight excluding hydrogens is 596 g/mol. The number of hydrogen-bond donors (Lipinski definition) is 6. The first kappa shape index (κ1) is 33.7. The second kappa shape index (κ2) is 11.6. The van der Waals surface area contributed by atoms with Crippen molar-refractivity contribution in [3.8, 4) is 5.75 Å². The fourth-order valence-corrected chi connectivity index (χ4v) is 12.2. The summed E-state index contributed by atoms with van der Waals surface area (Å²) in [4.78, 5) is 14.2. The molecule has 1 saturated heterocycles. The number of rotatable bonds is 9. The summed E-state index contributed by atoms with van der Waals surface area (Å²) in [5, 5.41) is 68.1. The van der Waals surface area contributed by atoms with Gasteiger partial charge in [0.25, 0.3) is 0 Å². The maximum Gasteiger partial charge on any atom is 0.159 e. The smallest absolute Gasteiger partial charge is 0.159 e. The Morgan fingerprint density at radius 3 is 2.53 bits per heavy atom. The van der Waals surface area contributed by atoms with Crippen LogP contribution in [0.15, 0.2) is 29.8 Å². The highest BCUT2D eigenvalue weighted by atomic mass is 16.6. The van der Waals surface area contributed by atoms with Crippen molar-refractivity contribution in [3.63, 3.8) is 0 Å². The highest BCUT2D eigenvalue weighted by Gasteiger charge is 2.73. The molecule has 47 heavy (non-hydrogen) atoms. The molecule has 4 saturated carbocycles. The van der Waals surface area contributed by atoms with E-state index in [1.807, 2.05) is 13.0 Å². The fraction of sp³-hybridized carbons (Fsp3) is 0.769. The lowest BCUT2D eigenvalue weighted by Crippen LogP contribution is -2.66. The number of carbonyl (C=O) groups excluding carboxylic acids is 1. The number of fused-ring (bicyclic) bond motifs is 3. The van der Waals surface area contributed by atoms with Crippen LogP contribution in [0.2, 0.25) is 0 Å². The van der Waals surface area contributed by atoms with Crippen LogP contribution in [0.5, 0.6) is 5.75 Å². The summed E-state index contributed by atoms with van der Waals surface area (Å²) >= 11 is 0. The first-order valence-corrected chi connectivity index (χ1v) is 18.4. The van der Waals surface area contributed by atoms with Crippen LogP contribution in [0, 0.1) is 46.3 Å². The zero-order valence-corrected chi connectivity index (χ0v) is 28.6. The lowest BCUT2D eigenvalue weighted by Gasteiger charge is -2.65. The monoisotopic (exact) mass is 652 g/mol. The maximum absolute atomic E-state index is 14.2. The summed E-state index contributed by atoms with van der Waals surface area (Å²) < 4.78 is 6.26. The third kappa shape index (κ3) is 4.86. The third-order valence-electron chi connectivity index (χ3n) is 14.8. The van der Waals surface area contributed by atoms with Gasteiger partial charge >= 0.3 is 0 Å². The molecular formula is C39H56O8. The van der Waals surface area contributed by atoms with E-state index < -0.39 is 34.2 Å². The van der Waals surface area contributed by atoms with Crippen molar-refractivity contribution < 1.29 is 40.2 Å². The van der Waals surface area contributed by atoms with Gasteiger partial charge in [-0.2, -0.15) is 0 Å². The van der Waals surface area contributed by atoms with E-state index in [1.165, 1.54) is 0 Å². The first-order valence-electron chi connectivity index (χ1n) is 18.4. The first-order chi connectivity index (χ1) is 22.2. The molecule has 8 nitrogen and oxygen atoms in total. The number of carbonyl (C=O) groups is 1. The minimum absolute atomic E-state index is 0.0138. The molecule has 2 bridgehead atoms. The van der Waals surface area contributed by atoms with Crippen LogP contribution in [0.4, 0.5) is 0 Å². The Hall–Kier alpha value is -1.81. The summed E-state index contributed by atoms with van der Waals surface area (Å²) in [5.74, 6) is -0.178. The summed E-state index contributed by atoms with van der Waals surface area (Å²) in [6, 6.07) is 5.24. The lowest BCUT2D eigenvalue weighted by atomic mass is 9.40. The number of phenols is 1. The molecule has 5 fully saturated rings. The predicted octanol–water partition coefficient (Wildman–Crippen LogP) is 4.24. The normalized spacial score (nSPS) is 44.2. The maximum atomic E-state index is 14.2. The minimum Gasteiger partial charge on any atom is -0.508 e. The van der Waals surface area contributed by atoms with Crippen LogP contribution in [0.1, 0.15) is 96.6 Å². The second-order valence-electron chi connectivity index (χ2n) is 17.0. The number of epoxide rings is 1. The van der Waals surface area contributed by atoms with Crippen molar-refractivity contribution in [1.29, 1.82) is 0 Å². The van der Waals surface area contributed by atoms with Gasteiger partial charge in [0.2, 0.25) is 0 Å². The molecule has 6 N–H and O–H groups in total. The zero-order valence-electron chi connectivity index (χ0n) is 28.6. The molecule has 7 rings (SSSR count). The van der Waals surface area contributed by atoms with Crippen LogP contribution in [-0.4, -0.2) is 78.6 Å². The van der Waals surface area contributed by atoms with Gasteiger partial charge in [-0.15, -0.1) is 0 Å². The van der Waals surface area contributed by atoms with Gasteiger partial charge in [-0.3, -0.25) is 4.79 Å². The number of allylic oxidation sites excluding steroid dienone is 1. The van der Waals surface area contributed by atoms with Crippen LogP contribution >= 0.6 is 0 Å². The number of benzene rings is 1. The number of ketones is 1. The van der Waals surface area contributed by atoms with E-state index in [1.54, 1.807) is 18.2 Å². The minimum atomic E-state index is -1.34. The molecule has 0 radical (unpaired) electrons. The van der Waals surface area contributed by atoms with Gasteiger partial charge in [0.05, 0.1) is 29.5 Å². The molecule has 5 aliphatic carbocycles. The van der Waals surface area contributed by atoms with E-state index in [0.717, 1.165) is 42.4 Å². The van der Waals surface area contributed by atoms with E-state index >= 15 is 0 Å². The summed E-state index contributed by atoms with van der Waals surface area (Å²) in [6.45, 7) is 8.39. The van der Waals surface area contributed by atoms with E-state index in [9.17, 15) is 35.4 Å². The van der Waals surface area contributed by atoms with Gasteiger partial charge in [0.15, 0.2) is 5.78 Å². The van der Waals surface area contributed by atoms with Gasteiger partial charge in [0, 0.05) is 17.9 Å². The number of aliphatic hydroxyl groups is 5. The molecule has 13 atom stereocenters. The Morgan fingerprint density at radius 2 is 1.81 bits per heavy atom. The number of hydrogen-bond acceptors (Lipinski definition) is 8. The molecule has 0 amide bonds. The summed E-state index contributed by atoms with van der Waals surface area (Å²) in [7, 11) is 0. The van der Waals surface area contributed by atoms with Gasteiger partial charge < -0.3 is 35.4 Å². The topological polar surface area (TPSA) is 151 Å². The molecule has 8 heteroatoms. The number of aliphatic hydroxyl groups excluding tert-OH is 3. The largest absolute Gasteiger partial charge is 0.508 e. The second-order valence-corrected chi connectivity index (χ2v) is 17.0. The Labute approximate surface area is 279 Å². The van der Waals surface area contributed by atoms with Gasteiger partial charge in [-0.05, 0) is 141 Å². The van der Waals surface area contributed by atoms with Crippen LogP contribution in [0.3, 0.4) is 0 Å². The zero-order chi connectivity index (χ0) is 33.7. The molecule has 1 aromatic carbocycles. The van der Waals surface area contributed by atoms with Gasteiger partial charge in [-0.1, -0.05) is 33.3 Å². The Bertz CT molecular complexity index is 1420. The SMILES string of the molecule is CC(C)C(C)C1OC1C(C)(O)C1CCC2(O)C3=CC(=O)C4C5CCCC4(CC(O)C5O)C3CCC12CCc1cc(O)ccc1CCO. The Balaban J connectivity index is 1.31. The van der Waals surface area contributed by atoms with Crippen LogP contribution in [-0.2, 0) is 22.4 Å². The quantitative estimate of drug-likeness (QED) is 0.217. The van der Waals surface area contributed by atoms with Crippen molar-refractivity contribution in [1.82, 2.24) is 0 Å². The predicted molar refractivity (Wildman–Crippen MR) is 176 cm³/mol. The lowest BCUT2D eigenvalue weighted by molar-refractivity contribution is -0.194. The fourth-order valence-electron chi connectivity index (χ4n) is 12.2. The van der Waals surface area contributed by atoms with Crippen molar-refractivity contribution in [2.45, 2.75) is 134 Å². The van der Waals surface area contributed by atoms with E-state index in [4.69, 9.17) is 4.74 Å². The third-order valence-corrected chi connectivity index (χ3v) is 14.8. The van der Waals surface area contributed by atoms with Crippen molar-refractivity contribution in [2.24, 2.45) is 46.3 Å². The average molecular weight is 653 g/mol. The molecule has 0 aromatic heterocycles. The number of aryl methyl sites for hydroxylation is 1. The van der Waals surface area contributed by atoms with E-state index in [-0.39, 0.29) is 59.9 Å². The number of ether oxygens (including phenoxy) is 1. The number of phenolic OH excluding ortho intramolecular Hbond substituents is 1. The molecule has 13 unspecified atom stereocenters.